The van der Waals surface area contributed by atoms with Gasteiger partial charge in [-0.25, -0.2) is 0 Å². The molecule has 0 saturated heterocycles. The van der Waals surface area contributed by atoms with Gasteiger partial charge in [-0.3, -0.25) is 30.6 Å². The molecular weight excluding hydrogens is 388 g/mol. The van der Waals surface area contributed by atoms with Crippen molar-refractivity contribution in [3.8, 4) is 17.4 Å². The fourth-order valence-corrected chi connectivity index (χ4v) is 2.49. The van der Waals surface area contributed by atoms with Crippen molar-refractivity contribution in [3.63, 3.8) is 0 Å². The number of rotatable bonds is 5. The van der Waals surface area contributed by atoms with Gasteiger partial charge in [-0.15, -0.1) is 0 Å². The number of furan rings is 1. The van der Waals surface area contributed by atoms with Crippen molar-refractivity contribution in [1.82, 2.24) is 10.9 Å². The monoisotopic (exact) mass is 402 g/mol. The number of nitrogens with zero attached hydrogens (tertiary/aromatic N) is 2. The average molecular weight is 402 g/mol. The van der Waals surface area contributed by atoms with E-state index in [9.17, 15) is 25.0 Å². The van der Waals surface area contributed by atoms with E-state index in [1.165, 1.54) is 30.3 Å². The van der Waals surface area contributed by atoms with E-state index in [-0.39, 0.29) is 17.0 Å². The molecule has 0 bridgehead atoms. The van der Waals surface area contributed by atoms with Crippen LogP contribution in [-0.2, 0) is 4.79 Å². The third-order valence-corrected chi connectivity index (χ3v) is 3.95. The molecule has 1 heterocycles. The van der Waals surface area contributed by atoms with E-state index in [1.54, 1.807) is 48.5 Å². The predicted octanol–water partition coefficient (Wildman–Crippen LogP) is 3.22. The highest BCUT2D eigenvalue weighted by molar-refractivity contribution is 6.03. The third kappa shape index (κ3) is 4.76. The molecular formula is C21H14N4O5. The summed E-state index contributed by atoms with van der Waals surface area (Å²) in [5.74, 6) is -0.833. The fraction of sp³-hybridized carbons (Fsp3) is 0. The molecule has 0 atom stereocenters. The van der Waals surface area contributed by atoms with Crippen molar-refractivity contribution in [3.05, 3.63) is 93.7 Å². The minimum atomic E-state index is -0.824. The Bertz CT molecular complexity index is 1180. The van der Waals surface area contributed by atoms with Crippen molar-refractivity contribution in [2.75, 3.05) is 0 Å². The van der Waals surface area contributed by atoms with Crippen molar-refractivity contribution in [2.45, 2.75) is 0 Å². The summed E-state index contributed by atoms with van der Waals surface area (Å²) in [6.07, 6.45) is 1.20. The van der Waals surface area contributed by atoms with Crippen molar-refractivity contribution in [2.24, 2.45) is 0 Å². The molecule has 148 valence electrons. The molecule has 2 amide bonds. The van der Waals surface area contributed by atoms with Crippen LogP contribution in [0, 0.1) is 21.4 Å². The molecule has 2 aromatic carbocycles. The number of nitro groups is 1. The lowest BCUT2D eigenvalue weighted by Crippen LogP contribution is -2.42. The van der Waals surface area contributed by atoms with Crippen LogP contribution in [0.4, 0.5) is 5.69 Å². The number of nitrogens with one attached hydrogen (secondary N) is 2. The Morgan fingerprint density at radius 3 is 2.50 bits per heavy atom. The summed E-state index contributed by atoms with van der Waals surface area (Å²) in [6, 6.07) is 18.9. The van der Waals surface area contributed by atoms with Gasteiger partial charge in [0.1, 0.15) is 23.2 Å². The molecule has 3 aromatic rings. The Balaban J connectivity index is 1.71. The summed E-state index contributed by atoms with van der Waals surface area (Å²) in [4.78, 5) is 34.5. The highest BCUT2D eigenvalue weighted by Gasteiger charge is 2.14. The van der Waals surface area contributed by atoms with E-state index < -0.39 is 16.7 Å². The highest BCUT2D eigenvalue weighted by atomic mass is 16.6. The maximum absolute atomic E-state index is 12.2. The first kappa shape index (κ1) is 20.0. The zero-order chi connectivity index (χ0) is 21.5. The second-order valence-electron chi connectivity index (χ2n) is 5.95. The topological polar surface area (TPSA) is 138 Å². The van der Waals surface area contributed by atoms with Crippen LogP contribution in [0.15, 0.2) is 76.7 Å². The number of non-ortho nitro benzene ring substituents is 1. The van der Waals surface area contributed by atoms with E-state index in [0.717, 1.165) is 0 Å². The molecule has 1 aromatic heterocycles. The second-order valence-corrected chi connectivity index (χ2v) is 5.95. The third-order valence-electron chi connectivity index (χ3n) is 3.95. The average Bonchev–Trinajstić information content (AvgIpc) is 3.25. The van der Waals surface area contributed by atoms with Gasteiger partial charge < -0.3 is 4.42 Å². The van der Waals surface area contributed by atoms with Crippen LogP contribution in [0.1, 0.15) is 16.1 Å². The Kier molecular flexibility index (Phi) is 6.00. The molecule has 9 nitrogen and oxygen atoms in total. The molecule has 30 heavy (non-hydrogen) atoms. The number of carbonyl (C=O) groups is 2. The summed E-state index contributed by atoms with van der Waals surface area (Å²) in [7, 11) is 0. The predicted molar refractivity (Wildman–Crippen MR) is 106 cm³/mol. The first-order chi connectivity index (χ1) is 14.5. The molecule has 0 aliphatic carbocycles. The molecule has 0 aliphatic rings. The van der Waals surface area contributed by atoms with Gasteiger partial charge in [0.15, 0.2) is 0 Å². The number of nitro benzene ring substituents is 1. The SMILES string of the molecule is N#CC(=Cc1ccc(-c2cccc([N+](=O)[O-])c2)o1)C(=O)NNC(=O)c1ccccc1. The number of hydrazine groups is 1. The molecule has 2 N–H and O–H groups in total. The van der Waals surface area contributed by atoms with Crippen LogP contribution in [0.2, 0.25) is 0 Å². The van der Waals surface area contributed by atoms with E-state index in [1.807, 2.05) is 0 Å². The lowest BCUT2D eigenvalue weighted by Gasteiger charge is -2.06. The van der Waals surface area contributed by atoms with Crippen molar-refractivity contribution >= 4 is 23.6 Å². The number of hydrogen-bond donors (Lipinski definition) is 2. The maximum atomic E-state index is 12.2. The molecule has 0 saturated carbocycles. The van der Waals surface area contributed by atoms with E-state index in [2.05, 4.69) is 10.9 Å². The first-order valence-corrected chi connectivity index (χ1v) is 8.60. The van der Waals surface area contributed by atoms with Crippen LogP contribution in [0.3, 0.4) is 0 Å². The van der Waals surface area contributed by atoms with Crippen molar-refractivity contribution in [1.29, 1.82) is 5.26 Å². The minimum Gasteiger partial charge on any atom is -0.457 e. The Morgan fingerprint density at radius 1 is 1.03 bits per heavy atom. The maximum Gasteiger partial charge on any atom is 0.280 e. The summed E-state index contributed by atoms with van der Waals surface area (Å²) < 4.78 is 5.56. The largest absolute Gasteiger partial charge is 0.457 e. The Hall–Kier alpha value is -4.71. The van der Waals surface area contributed by atoms with E-state index in [4.69, 9.17) is 4.42 Å². The van der Waals surface area contributed by atoms with Crippen LogP contribution < -0.4 is 10.9 Å². The van der Waals surface area contributed by atoms with Gasteiger partial charge in [-0.2, -0.15) is 5.26 Å². The van der Waals surface area contributed by atoms with E-state index in [0.29, 0.717) is 16.9 Å². The minimum absolute atomic E-state index is 0.0905. The Morgan fingerprint density at radius 2 is 1.80 bits per heavy atom. The zero-order valence-corrected chi connectivity index (χ0v) is 15.4. The van der Waals surface area contributed by atoms with Crippen LogP contribution in [-0.4, -0.2) is 16.7 Å². The summed E-state index contributed by atoms with van der Waals surface area (Å²) in [6.45, 7) is 0. The normalized spacial score (nSPS) is 10.7. The molecule has 0 fully saturated rings. The molecule has 0 aliphatic heterocycles. The second kappa shape index (κ2) is 8.99. The summed E-state index contributed by atoms with van der Waals surface area (Å²) in [5.41, 5.74) is 4.81. The molecule has 0 unspecified atom stereocenters. The van der Waals surface area contributed by atoms with Crippen LogP contribution in [0.5, 0.6) is 0 Å². The molecule has 9 heteroatoms. The highest BCUT2D eigenvalue weighted by Crippen LogP contribution is 2.26. The Labute approximate surface area is 170 Å². The standard InChI is InChI=1S/C21H14N4O5/c22-13-16(21(27)24-23-20(26)14-5-2-1-3-6-14)12-18-9-10-19(30-18)15-7-4-8-17(11-15)25(28)29/h1-12H,(H,23,26)(H,24,27). The smallest absolute Gasteiger partial charge is 0.280 e. The number of hydrogen-bond acceptors (Lipinski definition) is 6. The molecule has 0 spiro atoms. The summed E-state index contributed by atoms with van der Waals surface area (Å²) in [5, 5.41) is 20.2. The lowest BCUT2D eigenvalue weighted by molar-refractivity contribution is -0.384. The summed E-state index contributed by atoms with van der Waals surface area (Å²) >= 11 is 0. The number of benzene rings is 2. The van der Waals surface area contributed by atoms with Crippen molar-refractivity contribution < 1.29 is 18.9 Å². The fourth-order valence-electron chi connectivity index (χ4n) is 2.49. The molecule has 0 radical (unpaired) electrons. The van der Waals surface area contributed by atoms with Crippen LogP contribution >= 0.6 is 0 Å². The first-order valence-electron chi connectivity index (χ1n) is 8.60. The van der Waals surface area contributed by atoms with E-state index >= 15 is 0 Å². The molecule has 3 rings (SSSR count). The number of amides is 2. The quantitative estimate of drug-likeness (QED) is 0.291. The van der Waals surface area contributed by atoms with Gasteiger partial charge in [-0.1, -0.05) is 30.3 Å². The van der Waals surface area contributed by atoms with Gasteiger partial charge in [0.2, 0.25) is 0 Å². The van der Waals surface area contributed by atoms with Gasteiger partial charge in [0.25, 0.3) is 17.5 Å². The van der Waals surface area contributed by atoms with Gasteiger partial charge >= 0.3 is 0 Å². The zero-order valence-electron chi connectivity index (χ0n) is 15.4. The van der Waals surface area contributed by atoms with Gasteiger partial charge in [0, 0.05) is 29.3 Å². The van der Waals surface area contributed by atoms with Gasteiger partial charge in [0.05, 0.1) is 4.92 Å². The number of carbonyl (C=O) groups excluding carboxylic acids is 2. The van der Waals surface area contributed by atoms with Gasteiger partial charge in [-0.05, 0) is 24.3 Å². The lowest BCUT2D eigenvalue weighted by atomic mass is 10.1. The van der Waals surface area contributed by atoms with Crippen LogP contribution in [0.25, 0.3) is 17.4 Å². The number of nitriles is 1.